The number of allylic oxidation sites excluding steroid dienone is 5. The summed E-state index contributed by atoms with van der Waals surface area (Å²) < 4.78 is 5.46. The zero-order chi connectivity index (χ0) is 52.2. The van der Waals surface area contributed by atoms with Gasteiger partial charge in [0.05, 0.1) is 25.4 Å². The Kier molecular flexibility index (Phi) is 60.0. The minimum absolute atomic E-state index is 0.00334. The maximum Gasteiger partial charge on any atom is 0.305 e. The second kappa shape index (κ2) is 61.6. The number of ether oxygens (including phenoxy) is 1. The van der Waals surface area contributed by atoms with E-state index in [1.165, 1.54) is 270 Å². The summed E-state index contributed by atoms with van der Waals surface area (Å²) >= 11 is 0. The van der Waals surface area contributed by atoms with E-state index in [2.05, 4.69) is 43.5 Å². The van der Waals surface area contributed by atoms with E-state index in [-0.39, 0.29) is 18.5 Å². The molecule has 0 saturated heterocycles. The molecule has 0 aromatic carbocycles. The lowest BCUT2D eigenvalue weighted by Crippen LogP contribution is -2.45. The summed E-state index contributed by atoms with van der Waals surface area (Å²) in [6, 6.07) is -0.635. The second-order valence-electron chi connectivity index (χ2n) is 22.1. The molecule has 0 radical (unpaired) electrons. The van der Waals surface area contributed by atoms with Gasteiger partial charge in [0, 0.05) is 12.8 Å². The topological polar surface area (TPSA) is 95.9 Å². The van der Waals surface area contributed by atoms with Gasteiger partial charge in [-0.3, -0.25) is 9.59 Å². The average Bonchev–Trinajstić information content (AvgIpc) is 3.38. The molecular formula is C66H125NO5. The van der Waals surface area contributed by atoms with Gasteiger partial charge < -0.3 is 20.3 Å². The third-order valence-corrected chi connectivity index (χ3v) is 14.9. The number of unbranched alkanes of at least 4 members (excludes halogenated alkanes) is 45. The maximum atomic E-state index is 12.5. The van der Waals surface area contributed by atoms with Crippen LogP contribution >= 0.6 is 0 Å². The van der Waals surface area contributed by atoms with Gasteiger partial charge in [-0.05, 0) is 77.0 Å². The van der Waals surface area contributed by atoms with E-state index in [4.69, 9.17) is 4.74 Å². The number of rotatable bonds is 60. The van der Waals surface area contributed by atoms with Crippen LogP contribution in [0.3, 0.4) is 0 Å². The molecule has 0 aromatic heterocycles. The molecule has 0 aliphatic heterocycles. The first kappa shape index (κ1) is 70.1. The zero-order valence-corrected chi connectivity index (χ0v) is 48.4. The first-order valence-electron chi connectivity index (χ1n) is 32.3. The summed E-state index contributed by atoms with van der Waals surface area (Å²) in [6.45, 7) is 4.88. The number of amides is 1. The van der Waals surface area contributed by atoms with Crippen LogP contribution in [0, 0.1) is 0 Å². The summed E-state index contributed by atoms with van der Waals surface area (Å²) in [5.41, 5.74) is 0. The average molecular weight is 1010 g/mol. The molecule has 424 valence electrons. The fourth-order valence-electron chi connectivity index (χ4n) is 9.91. The van der Waals surface area contributed by atoms with Gasteiger partial charge in [-0.15, -0.1) is 0 Å². The maximum absolute atomic E-state index is 12.5. The standard InChI is InChI=1S/C66H125NO5/c1-3-5-7-9-11-13-15-16-17-18-19-20-21-23-26-29-32-35-39-42-46-50-54-58-64(69)63(62-68)67-65(70)59-55-51-47-43-40-36-33-30-27-24-22-25-28-31-34-37-41-45-49-53-57-61-72-66(71)60-56-52-48-44-38-14-12-10-8-6-4-2/h10,12,24,27,54,58,63-64,68-69H,3-9,11,13-23,25-26,28-53,55-57,59-62H2,1-2H3,(H,67,70)/b12-10-,27-24-,58-54+. The summed E-state index contributed by atoms with van der Waals surface area (Å²) in [7, 11) is 0. The third-order valence-electron chi connectivity index (χ3n) is 14.9. The van der Waals surface area contributed by atoms with Gasteiger partial charge in [-0.25, -0.2) is 0 Å². The Labute approximate surface area is 449 Å². The van der Waals surface area contributed by atoms with Crippen molar-refractivity contribution in [2.75, 3.05) is 13.2 Å². The molecule has 2 unspecified atom stereocenters. The first-order chi connectivity index (χ1) is 35.5. The zero-order valence-electron chi connectivity index (χ0n) is 48.4. The van der Waals surface area contributed by atoms with Gasteiger partial charge in [-0.1, -0.05) is 294 Å². The SMILES string of the molecule is CCCC/C=C\CCCCCCCC(=O)OCCCCCCCCCCCC/C=C\CCCCCCCCCC(=O)NC(CO)C(O)/C=C/CCCCCCCCCCCCCCCCCCCCCCC. The van der Waals surface area contributed by atoms with Crippen molar-refractivity contribution in [2.24, 2.45) is 0 Å². The molecule has 2 atom stereocenters. The molecule has 0 aliphatic carbocycles. The minimum Gasteiger partial charge on any atom is -0.466 e. The highest BCUT2D eigenvalue weighted by molar-refractivity contribution is 5.76. The summed E-state index contributed by atoms with van der Waals surface area (Å²) in [6.07, 6.45) is 77.7. The van der Waals surface area contributed by atoms with Crippen LogP contribution in [0.4, 0.5) is 0 Å². The Morgan fingerprint density at radius 1 is 0.375 bits per heavy atom. The highest BCUT2D eigenvalue weighted by Crippen LogP contribution is 2.17. The Balaban J connectivity index is 3.47. The van der Waals surface area contributed by atoms with E-state index in [0.29, 0.717) is 19.4 Å². The largest absolute Gasteiger partial charge is 0.466 e. The predicted molar refractivity (Wildman–Crippen MR) is 315 cm³/mol. The van der Waals surface area contributed by atoms with Crippen LogP contribution in [0.25, 0.3) is 0 Å². The van der Waals surface area contributed by atoms with Gasteiger partial charge in [-0.2, -0.15) is 0 Å². The summed E-state index contributed by atoms with van der Waals surface area (Å²) in [5, 5.41) is 23.2. The first-order valence-corrected chi connectivity index (χ1v) is 32.3. The molecule has 0 aliphatic rings. The molecule has 0 rings (SSSR count). The van der Waals surface area contributed by atoms with E-state index < -0.39 is 12.1 Å². The van der Waals surface area contributed by atoms with Crippen LogP contribution in [-0.2, 0) is 14.3 Å². The highest BCUT2D eigenvalue weighted by Gasteiger charge is 2.18. The molecule has 72 heavy (non-hydrogen) atoms. The van der Waals surface area contributed by atoms with Crippen molar-refractivity contribution in [3.05, 3.63) is 36.5 Å². The smallest absolute Gasteiger partial charge is 0.305 e. The minimum atomic E-state index is -0.851. The predicted octanol–water partition coefficient (Wildman–Crippen LogP) is 20.4. The second-order valence-corrected chi connectivity index (χ2v) is 22.1. The van der Waals surface area contributed by atoms with Crippen LogP contribution in [0.2, 0.25) is 0 Å². The van der Waals surface area contributed by atoms with Gasteiger partial charge in [0.1, 0.15) is 0 Å². The fourth-order valence-corrected chi connectivity index (χ4v) is 9.91. The Morgan fingerprint density at radius 3 is 1.03 bits per heavy atom. The summed E-state index contributed by atoms with van der Waals surface area (Å²) in [4.78, 5) is 24.5. The molecular weight excluding hydrogens is 887 g/mol. The fraction of sp³-hybridized carbons (Fsp3) is 0.879. The highest BCUT2D eigenvalue weighted by atomic mass is 16.5. The number of hydrogen-bond acceptors (Lipinski definition) is 5. The van der Waals surface area contributed by atoms with Crippen LogP contribution in [0.15, 0.2) is 36.5 Å². The number of hydrogen-bond donors (Lipinski definition) is 3. The Bertz CT molecular complexity index is 1170. The van der Waals surface area contributed by atoms with Crippen LogP contribution in [-0.4, -0.2) is 47.4 Å². The quantitative estimate of drug-likeness (QED) is 0.0320. The number of carbonyl (C=O) groups is 2. The molecule has 1 amide bonds. The molecule has 0 spiro atoms. The molecule has 0 aromatic rings. The van der Waals surface area contributed by atoms with Crippen molar-refractivity contribution >= 4 is 11.9 Å². The Hall–Kier alpha value is -1.92. The normalized spacial score (nSPS) is 12.8. The van der Waals surface area contributed by atoms with Crippen LogP contribution in [0.1, 0.15) is 348 Å². The lowest BCUT2D eigenvalue weighted by atomic mass is 10.0. The van der Waals surface area contributed by atoms with E-state index in [0.717, 1.165) is 51.4 Å². The molecule has 0 bridgehead atoms. The van der Waals surface area contributed by atoms with E-state index in [1.807, 2.05) is 6.08 Å². The lowest BCUT2D eigenvalue weighted by molar-refractivity contribution is -0.143. The molecule has 0 fully saturated rings. The van der Waals surface area contributed by atoms with Crippen LogP contribution in [0.5, 0.6) is 0 Å². The Morgan fingerprint density at radius 2 is 0.667 bits per heavy atom. The van der Waals surface area contributed by atoms with Crippen molar-refractivity contribution < 1.29 is 24.5 Å². The number of carbonyl (C=O) groups excluding carboxylic acids is 2. The molecule has 0 heterocycles. The van der Waals surface area contributed by atoms with Crippen molar-refractivity contribution in [1.82, 2.24) is 5.32 Å². The van der Waals surface area contributed by atoms with Crippen LogP contribution < -0.4 is 5.32 Å². The van der Waals surface area contributed by atoms with Crippen molar-refractivity contribution in [1.29, 1.82) is 0 Å². The number of esters is 1. The van der Waals surface area contributed by atoms with E-state index >= 15 is 0 Å². The van der Waals surface area contributed by atoms with E-state index in [1.54, 1.807) is 6.08 Å². The summed E-state index contributed by atoms with van der Waals surface area (Å²) in [5.74, 6) is -0.0762. The third kappa shape index (κ3) is 57.4. The molecule has 6 heteroatoms. The van der Waals surface area contributed by atoms with Crippen molar-refractivity contribution in [2.45, 2.75) is 360 Å². The molecule has 0 saturated carbocycles. The van der Waals surface area contributed by atoms with Gasteiger partial charge in [0.25, 0.3) is 0 Å². The number of aliphatic hydroxyl groups is 2. The molecule has 3 N–H and O–H groups in total. The monoisotopic (exact) mass is 1010 g/mol. The van der Waals surface area contributed by atoms with Crippen molar-refractivity contribution in [3.63, 3.8) is 0 Å². The lowest BCUT2D eigenvalue weighted by Gasteiger charge is -2.20. The van der Waals surface area contributed by atoms with Gasteiger partial charge in [0.15, 0.2) is 0 Å². The van der Waals surface area contributed by atoms with Gasteiger partial charge >= 0.3 is 5.97 Å². The number of aliphatic hydroxyl groups excluding tert-OH is 2. The molecule has 6 nitrogen and oxygen atoms in total. The number of nitrogens with one attached hydrogen (secondary N) is 1. The van der Waals surface area contributed by atoms with E-state index in [9.17, 15) is 19.8 Å². The van der Waals surface area contributed by atoms with Gasteiger partial charge in [0.2, 0.25) is 5.91 Å². The van der Waals surface area contributed by atoms with Crippen molar-refractivity contribution in [3.8, 4) is 0 Å².